The number of benzene rings is 2. The van der Waals surface area contributed by atoms with E-state index < -0.39 is 5.82 Å². The fourth-order valence-corrected chi connectivity index (χ4v) is 3.31. The molecule has 0 amide bonds. The molecule has 3 rings (SSSR count). The van der Waals surface area contributed by atoms with E-state index in [1.165, 1.54) is 17.7 Å². The van der Waals surface area contributed by atoms with E-state index in [0.29, 0.717) is 18.5 Å². The van der Waals surface area contributed by atoms with Gasteiger partial charge in [0, 0.05) is 39.3 Å². The second kappa shape index (κ2) is 9.37. The van der Waals surface area contributed by atoms with Crippen molar-refractivity contribution in [2.75, 3.05) is 20.1 Å². The predicted molar refractivity (Wildman–Crippen MR) is 106 cm³/mol. The van der Waals surface area contributed by atoms with Crippen LogP contribution in [0, 0.1) is 5.82 Å². The van der Waals surface area contributed by atoms with Gasteiger partial charge in [-0.05, 0) is 36.1 Å². The first-order chi connectivity index (χ1) is 13.1. The molecule has 1 heterocycles. The average Bonchev–Trinajstić information content (AvgIpc) is 2.70. The first kappa shape index (κ1) is 19.2. The molecule has 1 fully saturated rings. The molecule has 0 atom stereocenters. The fraction of sp³-hybridized carbons (Fsp3) is 0.381. The number of nitrogens with zero attached hydrogens (tertiary/aromatic N) is 2. The van der Waals surface area contributed by atoms with E-state index >= 15 is 0 Å². The van der Waals surface area contributed by atoms with Gasteiger partial charge in [-0.15, -0.1) is 0 Å². The molecule has 0 unspecified atom stereocenters. The highest BCUT2D eigenvalue weighted by molar-refractivity contribution is 5.79. The van der Waals surface area contributed by atoms with Gasteiger partial charge in [0.15, 0.2) is 17.5 Å². The molecule has 0 spiro atoms. The number of aromatic hydroxyl groups is 1. The number of rotatable bonds is 5. The molecule has 0 aromatic heterocycles. The number of halogens is 1. The molecular weight excluding hydrogens is 343 g/mol. The van der Waals surface area contributed by atoms with Gasteiger partial charge in [0.25, 0.3) is 0 Å². The molecule has 3 N–H and O–H groups in total. The Balaban J connectivity index is 1.43. The Kier molecular flexibility index (Phi) is 6.65. The second-order valence-electron chi connectivity index (χ2n) is 6.89. The average molecular weight is 370 g/mol. The Labute approximate surface area is 159 Å². The second-order valence-corrected chi connectivity index (χ2v) is 6.89. The molecule has 1 saturated heterocycles. The van der Waals surface area contributed by atoms with Crippen LogP contribution in [-0.4, -0.2) is 42.1 Å². The van der Waals surface area contributed by atoms with Gasteiger partial charge in [0.2, 0.25) is 0 Å². The molecule has 144 valence electrons. The lowest BCUT2D eigenvalue weighted by molar-refractivity contribution is 0.198. The first-order valence-electron chi connectivity index (χ1n) is 9.35. The SMILES string of the molecule is CN=C(NCc1ccc(O)c(F)c1)NC1CCN(Cc2ccccc2)CC1. The molecule has 0 aliphatic carbocycles. The highest BCUT2D eigenvalue weighted by Crippen LogP contribution is 2.16. The molecule has 27 heavy (non-hydrogen) atoms. The van der Waals surface area contributed by atoms with E-state index in [1.54, 1.807) is 13.1 Å². The monoisotopic (exact) mass is 370 g/mol. The molecule has 2 aromatic rings. The highest BCUT2D eigenvalue weighted by atomic mass is 19.1. The van der Waals surface area contributed by atoms with E-state index in [2.05, 4.69) is 44.8 Å². The summed E-state index contributed by atoms with van der Waals surface area (Å²) in [6.45, 7) is 3.54. The maximum absolute atomic E-state index is 13.4. The van der Waals surface area contributed by atoms with Crippen LogP contribution in [0.25, 0.3) is 0 Å². The van der Waals surface area contributed by atoms with Crippen LogP contribution in [0.2, 0.25) is 0 Å². The Bertz CT molecular complexity index is 758. The van der Waals surface area contributed by atoms with Crippen LogP contribution < -0.4 is 10.6 Å². The molecule has 0 bridgehead atoms. The minimum atomic E-state index is -0.608. The van der Waals surface area contributed by atoms with Gasteiger partial charge in [-0.25, -0.2) is 4.39 Å². The summed E-state index contributed by atoms with van der Waals surface area (Å²) in [6.07, 6.45) is 2.11. The number of phenols is 1. The van der Waals surface area contributed by atoms with Crippen LogP contribution in [0.3, 0.4) is 0 Å². The smallest absolute Gasteiger partial charge is 0.191 e. The van der Waals surface area contributed by atoms with Gasteiger partial charge < -0.3 is 15.7 Å². The Hall–Kier alpha value is -2.60. The van der Waals surface area contributed by atoms with Gasteiger partial charge in [0.1, 0.15) is 0 Å². The normalized spacial score (nSPS) is 16.3. The number of piperidine rings is 1. The van der Waals surface area contributed by atoms with Crippen molar-refractivity contribution in [2.45, 2.75) is 32.0 Å². The number of guanidine groups is 1. The third-order valence-corrected chi connectivity index (χ3v) is 4.87. The Morgan fingerprint density at radius 2 is 1.89 bits per heavy atom. The van der Waals surface area contributed by atoms with Crippen molar-refractivity contribution in [3.05, 3.63) is 65.5 Å². The van der Waals surface area contributed by atoms with E-state index in [1.807, 2.05) is 6.07 Å². The van der Waals surface area contributed by atoms with Crippen molar-refractivity contribution in [2.24, 2.45) is 4.99 Å². The molecule has 6 heteroatoms. The van der Waals surface area contributed by atoms with Crippen LogP contribution >= 0.6 is 0 Å². The van der Waals surface area contributed by atoms with Crippen molar-refractivity contribution in [3.63, 3.8) is 0 Å². The fourth-order valence-electron chi connectivity index (χ4n) is 3.31. The summed E-state index contributed by atoms with van der Waals surface area (Å²) >= 11 is 0. The van der Waals surface area contributed by atoms with Crippen LogP contribution in [0.5, 0.6) is 5.75 Å². The molecule has 5 nitrogen and oxygen atoms in total. The van der Waals surface area contributed by atoms with E-state index in [9.17, 15) is 9.50 Å². The molecule has 1 aliphatic rings. The van der Waals surface area contributed by atoms with Crippen LogP contribution in [0.4, 0.5) is 4.39 Å². The highest BCUT2D eigenvalue weighted by Gasteiger charge is 2.20. The van der Waals surface area contributed by atoms with E-state index in [4.69, 9.17) is 0 Å². The lowest BCUT2D eigenvalue weighted by atomic mass is 10.0. The Morgan fingerprint density at radius 3 is 2.56 bits per heavy atom. The molecule has 0 radical (unpaired) electrons. The van der Waals surface area contributed by atoms with Crippen molar-refractivity contribution in [3.8, 4) is 5.75 Å². The van der Waals surface area contributed by atoms with Gasteiger partial charge in [0.05, 0.1) is 0 Å². The molecule has 1 aliphatic heterocycles. The van der Waals surface area contributed by atoms with E-state index in [0.717, 1.165) is 38.0 Å². The summed E-state index contributed by atoms with van der Waals surface area (Å²) in [5.74, 6) is -0.225. The molecular formula is C21H27FN4O. The number of aliphatic imine (C=N–C) groups is 1. The lowest BCUT2D eigenvalue weighted by Crippen LogP contribution is -2.48. The maximum atomic E-state index is 13.4. The summed E-state index contributed by atoms with van der Waals surface area (Å²) in [5, 5.41) is 15.9. The van der Waals surface area contributed by atoms with Crippen LogP contribution in [0.15, 0.2) is 53.5 Å². The quantitative estimate of drug-likeness (QED) is 0.560. The minimum absolute atomic E-state index is 0.330. The summed E-state index contributed by atoms with van der Waals surface area (Å²) in [6, 6.07) is 15.3. The van der Waals surface area contributed by atoms with Gasteiger partial charge in [-0.1, -0.05) is 36.4 Å². The van der Waals surface area contributed by atoms with Crippen molar-refractivity contribution in [1.82, 2.24) is 15.5 Å². The van der Waals surface area contributed by atoms with Crippen molar-refractivity contribution >= 4 is 5.96 Å². The summed E-state index contributed by atoms with van der Waals surface area (Å²) in [5.41, 5.74) is 2.11. The summed E-state index contributed by atoms with van der Waals surface area (Å²) < 4.78 is 13.4. The zero-order valence-electron chi connectivity index (χ0n) is 15.7. The van der Waals surface area contributed by atoms with Gasteiger partial charge in [-0.3, -0.25) is 9.89 Å². The Morgan fingerprint density at radius 1 is 1.15 bits per heavy atom. The van der Waals surface area contributed by atoms with Crippen LogP contribution in [-0.2, 0) is 13.1 Å². The van der Waals surface area contributed by atoms with Crippen molar-refractivity contribution in [1.29, 1.82) is 0 Å². The van der Waals surface area contributed by atoms with Gasteiger partial charge in [-0.2, -0.15) is 0 Å². The summed E-state index contributed by atoms with van der Waals surface area (Å²) in [4.78, 5) is 6.74. The lowest BCUT2D eigenvalue weighted by Gasteiger charge is -2.33. The number of nitrogens with one attached hydrogen (secondary N) is 2. The minimum Gasteiger partial charge on any atom is -0.505 e. The predicted octanol–water partition coefficient (Wildman–Crippen LogP) is 2.86. The van der Waals surface area contributed by atoms with Gasteiger partial charge >= 0.3 is 0 Å². The largest absolute Gasteiger partial charge is 0.505 e. The van der Waals surface area contributed by atoms with E-state index in [-0.39, 0.29) is 5.75 Å². The third kappa shape index (κ3) is 5.69. The standard InChI is InChI=1S/C21H27FN4O/c1-23-21(24-14-17-7-8-20(27)19(22)13-17)25-18-9-11-26(12-10-18)15-16-5-3-2-4-6-16/h2-8,13,18,27H,9-12,14-15H2,1H3,(H2,23,24,25). The number of likely N-dealkylation sites (tertiary alicyclic amines) is 1. The third-order valence-electron chi connectivity index (χ3n) is 4.87. The molecule has 2 aromatic carbocycles. The first-order valence-corrected chi connectivity index (χ1v) is 9.35. The molecule has 0 saturated carbocycles. The zero-order chi connectivity index (χ0) is 19.1. The number of hydrogen-bond acceptors (Lipinski definition) is 3. The topological polar surface area (TPSA) is 59.9 Å². The van der Waals surface area contributed by atoms with Crippen LogP contribution in [0.1, 0.15) is 24.0 Å². The number of hydrogen-bond donors (Lipinski definition) is 3. The zero-order valence-corrected chi connectivity index (χ0v) is 15.7. The van der Waals surface area contributed by atoms with Crippen molar-refractivity contribution < 1.29 is 9.50 Å². The maximum Gasteiger partial charge on any atom is 0.191 e. The number of phenolic OH excluding ortho intramolecular Hbond substituents is 1. The summed E-state index contributed by atoms with van der Waals surface area (Å²) in [7, 11) is 1.73.